The lowest BCUT2D eigenvalue weighted by atomic mass is 10.2. The van der Waals surface area contributed by atoms with Crippen LogP contribution in [0.1, 0.15) is 22.5 Å². The van der Waals surface area contributed by atoms with Gasteiger partial charge in [0.15, 0.2) is 5.69 Å². The van der Waals surface area contributed by atoms with Gasteiger partial charge in [-0.25, -0.2) is 14.5 Å². The molecule has 128 valence electrons. The summed E-state index contributed by atoms with van der Waals surface area (Å²) in [5, 5.41) is 19.5. The highest BCUT2D eigenvalue weighted by Crippen LogP contribution is 2.04. The maximum absolute atomic E-state index is 11.9. The summed E-state index contributed by atoms with van der Waals surface area (Å²) in [5.41, 5.74) is 1.03. The molecule has 2 N–H and O–H groups in total. The largest absolute Gasteiger partial charge is 0.476 e. The molecule has 0 atom stereocenters. The van der Waals surface area contributed by atoms with E-state index in [-0.39, 0.29) is 30.5 Å². The molecule has 3 rings (SSSR count). The van der Waals surface area contributed by atoms with Gasteiger partial charge in [0.05, 0.1) is 6.54 Å². The van der Waals surface area contributed by atoms with Crippen LogP contribution in [0, 0.1) is 0 Å². The first-order valence-corrected chi connectivity index (χ1v) is 7.60. The summed E-state index contributed by atoms with van der Waals surface area (Å²) in [5.74, 6) is -1.14. The lowest BCUT2D eigenvalue weighted by Crippen LogP contribution is -2.16. The normalized spacial score (nSPS) is 10.6. The van der Waals surface area contributed by atoms with E-state index in [0.29, 0.717) is 6.54 Å². The Balaban J connectivity index is 1.50. The van der Waals surface area contributed by atoms with Crippen molar-refractivity contribution < 1.29 is 14.7 Å². The van der Waals surface area contributed by atoms with Gasteiger partial charge in [0.25, 0.3) is 0 Å². The molecule has 0 bridgehead atoms. The first-order valence-electron chi connectivity index (χ1n) is 7.60. The van der Waals surface area contributed by atoms with Crippen LogP contribution < -0.4 is 5.32 Å². The lowest BCUT2D eigenvalue weighted by molar-refractivity contribution is -0.116. The predicted octanol–water partition coefficient (Wildman–Crippen LogP) is 1.25. The van der Waals surface area contributed by atoms with Gasteiger partial charge in [0.2, 0.25) is 11.9 Å². The average molecular weight is 340 g/mol. The lowest BCUT2D eigenvalue weighted by Gasteiger charge is -2.02. The average Bonchev–Trinajstić information content (AvgIpc) is 3.23. The number of benzene rings is 1. The summed E-state index contributed by atoms with van der Waals surface area (Å²) < 4.78 is 3.04. The second kappa shape index (κ2) is 7.39. The van der Waals surface area contributed by atoms with Gasteiger partial charge < -0.3 is 5.11 Å². The van der Waals surface area contributed by atoms with Crippen molar-refractivity contribution in [2.24, 2.45) is 0 Å². The van der Waals surface area contributed by atoms with E-state index in [1.54, 1.807) is 11.0 Å². The smallest absolute Gasteiger partial charge is 0.356 e. The molecular formula is C16H16N6O3. The number of amides is 1. The van der Waals surface area contributed by atoms with Crippen LogP contribution in [0.2, 0.25) is 0 Å². The molecule has 0 spiro atoms. The molecule has 0 aliphatic heterocycles. The van der Waals surface area contributed by atoms with Gasteiger partial charge in [-0.2, -0.15) is 5.10 Å². The van der Waals surface area contributed by atoms with Gasteiger partial charge in [0.1, 0.15) is 6.33 Å². The topological polar surface area (TPSA) is 115 Å². The summed E-state index contributed by atoms with van der Waals surface area (Å²) in [6.07, 6.45) is 3.20. The van der Waals surface area contributed by atoms with E-state index in [9.17, 15) is 9.59 Å². The molecule has 0 aliphatic carbocycles. The number of hydrogen-bond donors (Lipinski definition) is 2. The number of rotatable bonds is 7. The van der Waals surface area contributed by atoms with E-state index < -0.39 is 5.97 Å². The van der Waals surface area contributed by atoms with Crippen LogP contribution in [0.5, 0.6) is 0 Å². The molecule has 1 amide bonds. The summed E-state index contributed by atoms with van der Waals surface area (Å²) in [6.45, 7) is 0.832. The van der Waals surface area contributed by atoms with Crippen molar-refractivity contribution in [2.75, 3.05) is 5.32 Å². The molecule has 9 heteroatoms. The van der Waals surface area contributed by atoms with Crippen molar-refractivity contribution in [3.63, 3.8) is 0 Å². The second-order valence-corrected chi connectivity index (χ2v) is 5.32. The molecule has 0 saturated heterocycles. The van der Waals surface area contributed by atoms with Gasteiger partial charge in [-0.15, -0.1) is 5.10 Å². The van der Waals surface area contributed by atoms with E-state index in [4.69, 9.17) is 5.11 Å². The molecule has 1 aromatic carbocycles. The Bertz CT molecular complexity index is 871. The third-order valence-electron chi connectivity index (χ3n) is 3.40. The molecule has 9 nitrogen and oxygen atoms in total. The fourth-order valence-corrected chi connectivity index (χ4v) is 2.20. The van der Waals surface area contributed by atoms with Crippen LogP contribution in [0.4, 0.5) is 5.95 Å². The minimum Gasteiger partial charge on any atom is -0.476 e. The quantitative estimate of drug-likeness (QED) is 0.669. The van der Waals surface area contributed by atoms with Crippen LogP contribution in [0.15, 0.2) is 48.9 Å². The molecule has 0 saturated carbocycles. The van der Waals surface area contributed by atoms with Crippen LogP contribution in [-0.2, 0) is 17.9 Å². The van der Waals surface area contributed by atoms with Crippen molar-refractivity contribution in [3.05, 3.63) is 60.2 Å². The Labute approximate surface area is 142 Å². The van der Waals surface area contributed by atoms with Crippen LogP contribution >= 0.6 is 0 Å². The second-order valence-electron chi connectivity index (χ2n) is 5.32. The Hall–Kier alpha value is -3.49. The molecule has 0 fully saturated rings. The zero-order valence-corrected chi connectivity index (χ0v) is 13.2. The number of aromatic carboxylic acids is 1. The molecular weight excluding hydrogens is 324 g/mol. The summed E-state index contributed by atoms with van der Waals surface area (Å²) in [6, 6.07) is 11.2. The fraction of sp³-hybridized carbons (Fsp3) is 0.188. The molecule has 2 heterocycles. The van der Waals surface area contributed by atoms with Crippen LogP contribution in [0.25, 0.3) is 0 Å². The summed E-state index contributed by atoms with van der Waals surface area (Å²) in [7, 11) is 0. The monoisotopic (exact) mass is 340 g/mol. The van der Waals surface area contributed by atoms with E-state index in [0.717, 1.165) is 5.56 Å². The van der Waals surface area contributed by atoms with E-state index in [1.165, 1.54) is 16.9 Å². The van der Waals surface area contributed by atoms with Crippen molar-refractivity contribution in [2.45, 2.75) is 19.5 Å². The van der Waals surface area contributed by atoms with E-state index in [2.05, 4.69) is 20.5 Å². The number of hydrogen-bond acceptors (Lipinski definition) is 5. The molecule has 0 aliphatic rings. The molecule has 2 aromatic heterocycles. The highest BCUT2D eigenvalue weighted by Gasteiger charge is 2.10. The zero-order valence-electron chi connectivity index (χ0n) is 13.2. The zero-order chi connectivity index (χ0) is 17.6. The van der Waals surface area contributed by atoms with Crippen molar-refractivity contribution in [3.8, 4) is 0 Å². The first-order chi connectivity index (χ1) is 12.1. The number of aromatic nitrogens is 5. The number of nitrogens with one attached hydrogen (secondary N) is 1. The highest BCUT2D eigenvalue weighted by atomic mass is 16.4. The number of nitrogens with zero attached hydrogens (tertiary/aromatic N) is 5. The third kappa shape index (κ3) is 4.50. The van der Waals surface area contributed by atoms with Gasteiger partial charge in [-0.3, -0.25) is 14.8 Å². The molecule has 0 radical (unpaired) electrons. The summed E-state index contributed by atoms with van der Waals surface area (Å²) >= 11 is 0. The molecule has 25 heavy (non-hydrogen) atoms. The summed E-state index contributed by atoms with van der Waals surface area (Å²) in [4.78, 5) is 26.7. The predicted molar refractivity (Wildman–Crippen MR) is 88.0 cm³/mol. The number of carboxylic acids is 1. The Morgan fingerprint density at radius 1 is 1.08 bits per heavy atom. The Morgan fingerprint density at radius 2 is 1.88 bits per heavy atom. The highest BCUT2D eigenvalue weighted by molar-refractivity contribution is 5.88. The standard InChI is InChI=1S/C16H16N6O3/c23-14(7-9-21-8-6-13(19-21)15(24)25)18-16-17-11-22(20-16)10-12-4-2-1-3-5-12/h1-6,8,11H,7,9-10H2,(H,24,25)(H,18,20,23). The number of carbonyl (C=O) groups is 2. The van der Waals surface area contributed by atoms with Gasteiger partial charge >= 0.3 is 5.97 Å². The number of anilines is 1. The van der Waals surface area contributed by atoms with Crippen molar-refractivity contribution in [1.29, 1.82) is 0 Å². The molecule has 0 unspecified atom stereocenters. The van der Waals surface area contributed by atoms with E-state index >= 15 is 0 Å². The fourth-order valence-electron chi connectivity index (χ4n) is 2.20. The SMILES string of the molecule is O=C(CCn1ccc(C(=O)O)n1)Nc1ncn(Cc2ccccc2)n1. The minimum atomic E-state index is -1.10. The number of aryl methyl sites for hydroxylation is 1. The Kier molecular flexibility index (Phi) is 4.84. The number of carbonyl (C=O) groups excluding carboxylic acids is 1. The first kappa shape index (κ1) is 16.4. The van der Waals surface area contributed by atoms with E-state index in [1.807, 2.05) is 30.3 Å². The number of carboxylic acid groups (broad SMARTS) is 1. The molecule has 3 aromatic rings. The maximum Gasteiger partial charge on any atom is 0.356 e. The minimum absolute atomic E-state index is 0.0540. The Morgan fingerprint density at radius 3 is 2.60 bits per heavy atom. The van der Waals surface area contributed by atoms with Crippen LogP contribution in [-0.4, -0.2) is 41.5 Å². The van der Waals surface area contributed by atoms with Gasteiger partial charge in [-0.1, -0.05) is 30.3 Å². The maximum atomic E-state index is 11.9. The van der Waals surface area contributed by atoms with Crippen molar-refractivity contribution in [1.82, 2.24) is 24.5 Å². The van der Waals surface area contributed by atoms with Gasteiger partial charge in [-0.05, 0) is 11.6 Å². The van der Waals surface area contributed by atoms with Gasteiger partial charge in [0, 0.05) is 19.2 Å². The van der Waals surface area contributed by atoms with Crippen molar-refractivity contribution >= 4 is 17.8 Å². The third-order valence-corrected chi connectivity index (χ3v) is 3.40. The van der Waals surface area contributed by atoms with Crippen LogP contribution in [0.3, 0.4) is 0 Å².